The predicted octanol–water partition coefficient (Wildman–Crippen LogP) is 0.213. The Morgan fingerprint density at radius 1 is 1.47 bits per heavy atom. The maximum atomic E-state index is 11.3. The molecule has 6 heteroatoms. The highest BCUT2D eigenvalue weighted by atomic mass is 35.5. The average molecular weight is 239 g/mol. The molecule has 0 heterocycles. The summed E-state index contributed by atoms with van der Waals surface area (Å²) >= 11 is 0. The van der Waals surface area contributed by atoms with Gasteiger partial charge in [-0.2, -0.15) is 0 Å². The molecule has 0 aliphatic carbocycles. The zero-order valence-electron chi connectivity index (χ0n) is 9.28. The van der Waals surface area contributed by atoms with E-state index < -0.39 is 18.1 Å². The topological polar surface area (TPSA) is 81.4 Å². The first-order valence-electron chi connectivity index (χ1n) is 4.66. The number of esters is 1. The van der Waals surface area contributed by atoms with Crippen LogP contribution in [0.5, 0.6) is 0 Å². The molecule has 2 atom stereocenters. The molecular formula is C9H19ClN2O3. The molecule has 0 saturated heterocycles. The number of nitrogens with one attached hydrogen (secondary N) is 1. The van der Waals surface area contributed by atoms with Crippen molar-refractivity contribution in [2.75, 3.05) is 7.11 Å². The molecule has 90 valence electrons. The first-order valence-corrected chi connectivity index (χ1v) is 4.66. The van der Waals surface area contributed by atoms with Gasteiger partial charge in [-0.25, -0.2) is 4.79 Å². The summed E-state index contributed by atoms with van der Waals surface area (Å²) in [7, 11) is 1.27. The van der Waals surface area contributed by atoms with Crippen LogP contribution in [0.2, 0.25) is 0 Å². The standard InChI is InChI=1S/C9H18N2O3.ClH/c1-4-5-7(10)8(12)11-6(2)9(13)14-3;/h6-7H,4-5,10H2,1-3H3,(H,11,12);1H/t6-,7?;/m1./s1. The van der Waals surface area contributed by atoms with Crippen LogP contribution in [0.25, 0.3) is 0 Å². The van der Waals surface area contributed by atoms with Crippen LogP contribution in [0.1, 0.15) is 26.7 Å². The van der Waals surface area contributed by atoms with Gasteiger partial charge < -0.3 is 15.8 Å². The summed E-state index contributed by atoms with van der Waals surface area (Å²) in [5, 5.41) is 2.48. The molecule has 1 unspecified atom stereocenters. The minimum Gasteiger partial charge on any atom is -0.467 e. The van der Waals surface area contributed by atoms with Gasteiger partial charge in [0.1, 0.15) is 6.04 Å². The molecule has 0 saturated carbocycles. The van der Waals surface area contributed by atoms with Gasteiger partial charge in [-0.05, 0) is 13.3 Å². The highest BCUT2D eigenvalue weighted by Gasteiger charge is 2.19. The van der Waals surface area contributed by atoms with E-state index in [0.717, 1.165) is 6.42 Å². The number of methoxy groups -OCH3 is 1. The summed E-state index contributed by atoms with van der Waals surface area (Å²) in [5.41, 5.74) is 5.55. The molecule has 5 nitrogen and oxygen atoms in total. The lowest BCUT2D eigenvalue weighted by Gasteiger charge is -2.15. The monoisotopic (exact) mass is 238 g/mol. The smallest absolute Gasteiger partial charge is 0.328 e. The Labute approximate surface area is 96.1 Å². The Morgan fingerprint density at radius 3 is 2.40 bits per heavy atom. The fourth-order valence-electron chi connectivity index (χ4n) is 0.998. The van der Waals surface area contributed by atoms with Crippen molar-refractivity contribution in [2.45, 2.75) is 38.8 Å². The second-order valence-corrected chi connectivity index (χ2v) is 3.15. The lowest BCUT2D eigenvalue weighted by molar-refractivity contribution is -0.144. The third-order valence-electron chi connectivity index (χ3n) is 1.85. The largest absolute Gasteiger partial charge is 0.467 e. The Balaban J connectivity index is 0. The molecule has 15 heavy (non-hydrogen) atoms. The Kier molecular flexibility index (Phi) is 9.41. The van der Waals surface area contributed by atoms with Gasteiger partial charge in [0.25, 0.3) is 0 Å². The maximum absolute atomic E-state index is 11.3. The molecule has 3 N–H and O–H groups in total. The number of carbonyl (C=O) groups is 2. The van der Waals surface area contributed by atoms with Crippen molar-refractivity contribution in [1.82, 2.24) is 5.32 Å². The second-order valence-electron chi connectivity index (χ2n) is 3.15. The molecule has 0 rings (SSSR count). The zero-order chi connectivity index (χ0) is 11.1. The van der Waals surface area contributed by atoms with Crippen LogP contribution in [-0.2, 0) is 14.3 Å². The highest BCUT2D eigenvalue weighted by molar-refractivity contribution is 5.87. The summed E-state index contributed by atoms with van der Waals surface area (Å²) in [6.45, 7) is 3.50. The molecule has 0 fully saturated rings. The molecule has 0 aromatic rings. The van der Waals surface area contributed by atoms with Gasteiger partial charge in [-0.15, -0.1) is 12.4 Å². The van der Waals surface area contributed by atoms with Gasteiger partial charge in [-0.3, -0.25) is 4.79 Å². The zero-order valence-corrected chi connectivity index (χ0v) is 10.1. The Bertz CT molecular complexity index is 212. The number of ether oxygens (including phenoxy) is 1. The lowest BCUT2D eigenvalue weighted by atomic mass is 10.1. The molecular weight excluding hydrogens is 220 g/mol. The Hall–Kier alpha value is -0.810. The quantitative estimate of drug-likeness (QED) is 0.671. The van der Waals surface area contributed by atoms with Crippen LogP contribution in [0.15, 0.2) is 0 Å². The van der Waals surface area contributed by atoms with E-state index in [1.165, 1.54) is 7.11 Å². The number of hydrogen-bond acceptors (Lipinski definition) is 4. The van der Waals surface area contributed by atoms with E-state index in [1.54, 1.807) is 6.92 Å². The van der Waals surface area contributed by atoms with Gasteiger partial charge in [-0.1, -0.05) is 13.3 Å². The number of carbonyl (C=O) groups excluding carboxylic acids is 2. The van der Waals surface area contributed by atoms with Gasteiger partial charge in [0, 0.05) is 0 Å². The summed E-state index contributed by atoms with van der Waals surface area (Å²) in [5.74, 6) is -0.785. The van der Waals surface area contributed by atoms with Crippen molar-refractivity contribution in [3.63, 3.8) is 0 Å². The number of halogens is 1. The number of rotatable bonds is 5. The normalized spacial score (nSPS) is 13.3. The molecule has 1 amide bonds. The SMILES string of the molecule is CCCC(N)C(=O)N[C@H](C)C(=O)OC.Cl. The summed E-state index contributed by atoms with van der Waals surface area (Å²) in [6.07, 6.45) is 1.45. The molecule has 0 aromatic carbocycles. The molecule has 0 aliphatic heterocycles. The third-order valence-corrected chi connectivity index (χ3v) is 1.85. The van der Waals surface area contributed by atoms with Crippen LogP contribution in [0, 0.1) is 0 Å². The maximum Gasteiger partial charge on any atom is 0.328 e. The van der Waals surface area contributed by atoms with E-state index in [1.807, 2.05) is 6.92 Å². The van der Waals surface area contributed by atoms with Crippen LogP contribution in [0.3, 0.4) is 0 Å². The minimum atomic E-state index is -0.643. The molecule has 0 spiro atoms. The highest BCUT2D eigenvalue weighted by Crippen LogP contribution is 1.94. The minimum absolute atomic E-state index is 0. The van der Waals surface area contributed by atoms with E-state index in [-0.39, 0.29) is 18.3 Å². The predicted molar refractivity (Wildman–Crippen MR) is 59.8 cm³/mol. The molecule has 0 aromatic heterocycles. The van der Waals surface area contributed by atoms with Crippen molar-refractivity contribution in [3.05, 3.63) is 0 Å². The summed E-state index contributed by atoms with van der Waals surface area (Å²) in [4.78, 5) is 22.3. The van der Waals surface area contributed by atoms with Crippen molar-refractivity contribution in [1.29, 1.82) is 0 Å². The first-order chi connectivity index (χ1) is 6.52. The first kappa shape index (κ1) is 16.6. The average Bonchev–Trinajstić information content (AvgIpc) is 2.16. The van der Waals surface area contributed by atoms with E-state index >= 15 is 0 Å². The molecule has 0 aliphatic rings. The fraction of sp³-hybridized carbons (Fsp3) is 0.778. The van der Waals surface area contributed by atoms with E-state index in [9.17, 15) is 9.59 Å². The summed E-state index contributed by atoms with van der Waals surface area (Å²) < 4.78 is 4.46. The Morgan fingerprint density at radius 2 is 2.00 bits per heavy atom. The fourth-order valence-corrected chi connectivity index (χ4v) is 0.998. The van der Waals surface area contributed by atoms with E-state index in [2.05, 4.69) is 10.1 Å². The number of nitrogens with two attached hydrogens (primary N) is 1. The van der Waals surface area contributed by atoms with Crippen molar-refractivity contribution >= 4 is 24.3 Å². The van der Waals surface area contributed by atoms with Crippen LogP contribution in [0.4, 0.5) is 0 Å². The van der Waals surface area contributed by atoms with Crippen molar-refractivity contribution < 1.29 is 14.3 Å². The van der Waals surface area contributed by atoms with Gasteiger partial charge in [0.2, 0.25) is 5.91 Å². The van der Waals surface area contributed by atoms with Gasteiger partial charge >= 0.3 is 5.97 Å². The molecule has 0 radical (unpaired) electrons. The van der Waals surface area contributed by atoms with Gasteiger partial charge in [0.05, 0.1) is 13.2 Å². The van der Waals surface area contributed by atoms with Crippen molar-refractivity contribution in [2.24, 2.45) is 5.73 Å². The molecule has 0 bridgehead atoms. The van der Waals surface area contributed by atoms with Crippen LogP contribution >= 0.6 is 12.4 Å². The second kappa shape index (κ2) is 8.49. The third kappa shape index (κ3) is 6.30. The van der Waals surface area contributed by atoms with Crippen LogP contribution in [-0.4, -0.2) is 31.1 Å². The number of amides is 1. The van der Waals surface area contributed by atoms with Crippen molar-refractivity contribution in [3.8, 4) is 0 Å². The van der Waals surface area contributed by atoms with Gasteiger partial charge in [0.15, 0.2) is 0 Å². The summed E-state index contributed by atoms with van der Waals surface area (Å²) in [6, 6.07) is -1.19. The number of hydrogen-bond donors (Lipinski definition) is 2. The van der Waals surface area contributed by atoms with Crippen LogP contribution < -0.4 is 11.1 Å². The van der Waals surface area contributed by atoms with E-state index in [0.29, 0.717) is 6.42 Å². The lowest BCUT2D eigenvalue weighted by Crippen LogP contribution is -2.47. The van der Waals surface area contributed by atoms with E-state index in [4.69, 9.17) is 5.73 Å².